The number of hydrogen-bond acceptors (Lipinski definition) is 3. The van der Waals surface area contributed by atoms with Gasteiger partial charge in [0.2, 0.25) is 0 Å². The second kappa shape index (κ2) is 3.99. The van der Waals surface area contributed by atoms with Crippen LogP contribution in [-0.4, -0.2) is 16.0 Å². The largest absolute Gasteiger partial charge is 0.508 e. The number of hydrogen-bond donors (Lipinski definition) is 2. The summed E-state index contributed by atoms with van der Waals surface area (Å²) in [5.41, 5.74) is 3.67. The molecule has 3 nitrogen and oxygen atoms in total. The van der Waals surface area contributed by atoms with Crippen LogP contribution in [0.1, 0.15) is 28.4 Å². The first-order valence-electron chi connectivity index (χ1n) is 5.96. The highest BCUT2D eigenvalue weighted by Crippen LogP contribution is 2.39. The Balaban J connectivity index is 2.17. The van der Waals surface area contributed by atoms with Crippen molar-refractivity contribution in [3.05, 3.63) is 59.2 Å². The normalized spacial score (nSPS) is 13.8. The lowest BCUT2D eigenvalue weighted by molar-refractivity contribution is 0.105. The number of phenols is 2. The minimum atomic E-state index is -0.0888. The van der Waals surface area contributed by atoms with Crippen LogP contribution in [0.5, 0.6) is 11.5 Å². The van der Waals surface area contributed by atoms with Crippen LogP contribution >= 0.6 is 0 Å². The lowest BCUT2D eigenvalue weighted by atomic mass is 10.0. The number of fused-ring (bicyclic) bond motifs is 1. The second-order valence-corrected chi connectivity index (χ2v) is 4.61. The van der Waals surface area contributed by atoms with Gasteiger partial charge in [-0.1, -0.05) is 18.2 Å². The highest BCUT2D eigenvalue weighted by Gasteiger charge is 2.28. The molecule has 0 bridgehead atoms. The van der Waals surface area contributed by atoms with Crippen molar-refractivity contribution in [2.45, 2.75) is 6.92 Å². The van der Waals surface area contributed by atoms with Crippen molar-refractivity contribution < 1.29 is 15.0 Å². The fourth-order valence-corrected chi connectivity index (χ4v) is 2.46. The molecular weight excluding hydrogens is 240 g/mol. The molecule has 1 aliphatic rings. The van der Waals surface area contributed by atoms with Gasteiger partial charge in [0.15, 0.2) is 5.78 Å². The summed E-state index contributed by atoms with van der Waals surface area (Å²) in [5.74, 6) is 0.170. The van der Waals surface area contributed by atoms with E-state index in [0.717, 1.165) is 16.7 Å². The van der Waals surface area contributed by atoms with Crippen LogP contribution in [0.2, 0.25) is 0 Å². The van der Waals surface area contributed by atoms with Gasteiger partial charge in [0.1, 0.15) is 11.5 Å². The molecule has 19 heavy (non-hydrogen) atoms. The molecule has 0 unspecified atom stereocenters. The first kappa shape index (κ1) is 11.5. The lowest BCUT2D eigenvalue weighted by Gasteiger charge is -2.03. The molecule has 1 aliphatic carbocycles. The van der Waals surface area contributed by atoms with Crippen LogP contribution in [0.3, 0.4) is 0 Å². The van der Waals surface area contributed by atoms with Gasteiger partial charge < -0.3 is 10.2 Å². The Kier molecular flexibility index (Phi) is 2.42. The Labute approximate surface area is 110 Å². The second-order valence-electron chi connectivity index (χ2n) is 4.61. The van der Waals surface area contributed by atoms with E-state index in [0.29, 0.717) is 11.1 Å². The average molecular weight is 252 g/mol. The molecule has 0 atom stereocenters. The molecule has 0 heterocycles. The molecular formula is C16H12O3. The van der Waals surface area contributed by atoms with Gasteiger partial charge in [-0.2, -0.15) is 0 Å². The van der Waals surface area contributed by atoms with E-state index >= 15 is 0 Å². The summed E-state index contributed by atoms with van der Waals surface area (Å²) in [6.45, 7) is 1.89. The smallest absolute Gasteiger partial charge is 0.194 e. The SMILES string of the molecule is CC1=C(c2ccc(O)cc2)C(=O)c2cc(O)ccc21. The maximum atomic E-state index is 12.4. The standard InChI is InChI=1S/C16H12O3/c1-9-13-7-6-12(18)8-14(13)16(19)15(9)10-2-4-11(17)5-3-10/h2-8,17-18H,1H3. The highest BCUT2D eigenvalue weighted by atomic mass is 16.3. The van der Waals surface area contributed by atoms with Crippen LogP contribution in [-0.2, 0) is 0 Å². The fraction of sp³-hybridized carbons (Fsp3) is 0.0625. The summed E-state index contributed by atoms with van der Waals surface area (Å²) in [5, 5.41) is 18.8. The fourth-order valence-electron chi connectivity index (χ4n) is 2.46. The molecule has 0 spiro atoms. The van der Waals surface area contributed by atoms with Crippen LogP contribution in [0.4, 0.5) is 0 Å². The Morgan fingerprint density at radius 1 is 0.842 bits per heavy atom. The first-order chi connectivity index (χ1) is 9.08. The van der Waals surface area contributed by atoms with Gasteiger partial charge in [0, 0.05) is 11.1 Å². The number of carbonyl (C=O) groups excluding carboxylic acids is 1. The van der Waals surface area contributed by atoms with Crippen molar-refractivity contribution in [1.29, 1.82) is 0 Å². The number of carbonyl (C=O) groups is 1. The van der Waals surface area contributed by atoms with E-state index in [9.17, 15) is 15.0 Å². The Morgan fingerprint density at radius 3 is 2.16 bits per heavy atom. The van der Waals surface area contributed by atoms with Gasteiger partial charge in [-0.25, -0.2) is 0 Å². The summed E-state index contributed by atoms with van der Waals surface area (Å²) in [6.07, 6.45) is 0. The summed E-state index contributed by atoms with van der Waals surface area (Å²) >= 11 is 0. The predicted molar refractivity (Wildman–Crippen MR) is 73.0 cm³/mol. The number of aromatic hydroxyl groups is 2. The molecule has 0 aromatic heterocycles. The van der Waals surface area contributed by atoms with Crippen molar-refractivity contribution in [3.8, 4) is 11.5 Å². The van der Waals surface area contributed by atoms with Gasteiger partial charge in [0.05, 0.1) is 0 Å². The number of benzene rings is 2. The quantitative estimate of drug-likeness (QED) is 0.819. The van der Waals surface area contributed by atoms with Crippen LogP contribution < -0.4 is 0 Å². The molecule has 0 aliphatic heterocycles. The number of phenolic OH excluding ortho intramolecular Hbond substituents is 2. The van der Waals surface area contributed by atoms with E-state index in [1.807, 2.05) is 6.92 Å². The van der Waals surface area contributed by atoms with E-state index in [1.54, 1.807) is 36.4 Å². The third-order valence-electron chi connectivity index (χ3n) is 3.41. The molecule has 0 radical (unpaired) electrons. The zero-order valence-corrected chi connectivity index (χ0v) is 10.3. The summed E-state index contributed by atoms with van der Waals surface area (Å²) in [7, 11) is 0. The van der Waals surface area contributed by atoms with Crippen LogP contribution in [0.25, 0.3) is 11.1 Å². The van der Waals surface area contributed by atoms with Crippen molar-refractivity contribution >= 4 is 16.9 Å². The van der Waals surface area contributed by atoms with Crippen molar-refractivity contribution in [2.24, 2.45) is 0 Å². The lowest BCUT2D eigenvalue weighted by Crippen LogP contribution is -1.97. The van der Waals surface area contributed by atoms with Crippen LogP contribution in [0.15, 0.2) is 42.5 Å². The molecule has 2 N–H and O–H groups in total. The molecule has 94 valence electrons. The van der Waals surface area contributed by atoms with Gasteiger partial charge in [-0.3, -0.25) is 4.79 Å². The van der Waals surface area contributed by atoms with Crippen molar-refractivity contribution in [3.63, 3.8) is 0 Å². The Morgan fingerprint density at radius 2 is 1.47 bits per heavy atom. The molecule has 3 rings (SSSR count). The zero-order valence-electron chi connectivity index (χ0n) is 10.3. The third kappa shape index (κ3) is 1.71. The average Bonchev–Trinajstić information content (AvgIpc) is 2.63. The first-order valence-corrected chi connectivity index (χ1v) is 5.96. The topological polar surface area (TPSA) is 57.5 Å². The molecule has 0 saturated carbocycles. The van der Waals surface area contributed by atoms with Gasteiger partial charge in [-0.15, -0.1) is 0 Å². The van der Waals surface area contributed by atoms with Crippen molar-refractivity contribution in [2.75, 3.05) is 0 Å². The van der Waals surface area contributed by atoms with E-state index in [-0.39, 0.29) is 17.3 Å². The van der Waals surface area contributed by atoms with E-state index in [1.165, 1.54) is 6.07 Å². The van der Waals surface area contributed by atoms with Crippen molar-refractivity contribution in [1.82, 2.24) is 0 Å². The minimum Gasteiger partial charge on any atom is -0.508 e. The molecule has 0 saturated heterocycles. The highest BCUT2D eigenvalue weighted by molar-refractivity contribution is 6.39. The van der Waals surface area contributed by atoms with Crippen LogP contribution in [0, 0.1) is 0 Å². The molecule has 0 amide bonds. The zero-order chi connectivity index (χ0) is 13.6. The van der Waals surface area contributed by atoms with Gasteiger partial charge in [0.25, 0.3) is 0 Å². The Bertz CT molecular complexity index is 709. The van der Waals surface area contributed by atoms with E-state index in [2.05, 4.69) is 0 Å². The van der Waals surface area contributed by atoms with Gasteiger partial charge in [-0.05, 0) is 47.9 Å². The Hall–Kier alpha value is -2.55. The molecule has 2 aromatic carbocycles. The number of Topliss-reactive ketones (excluding diaryl/α,β-unsaturated/α-hetero) is 1. The molecule has 2 aromatic rings. The maximum absolute atomic E-state index is 12.4. The molecule has 0 fully saturated rings. The third-order valence-corrected chi connectivity index (χ3v) is 3.41. The number of allylic oxidation sites excluding steroid dienone is 2. The number of ketones is 1. The van der Waals surface area contributed by atoms with E-state index in [4.69, 9.17) is 0 Å². The maximum Gasteiger partial charge on any atom is 0.194 e. The minimum absolute atomic E-state index is 0.0888. The summed E-state index contributed by atoms with van der Waals surface area (Å²) in [4.78, 5) is 12.4. The van der Waals surface area contributed by atoms with Gasteiger partial charge >= 0.3 is 0 Å². The van der Waals surface area contributed by atoms with E-state index < -0.39 is 0 Å². The number of rotatable bonds is 1. The summed E-state index contributed by atoms with van der Waals surface area (Å²) < 4.78 is 0. The monoisotopic (exact) mass is 252 g/mol. The predicted octanol–water partition coefficient (Wildman–Crippen LogP) is 3.22. The summed E-state index contributed by atoms with van der Waals surface area (Å²) in [6, 6.07) is 11.4. The molecule has 3 heteroatoms.